The maximum Gasteiger partial charge on any atom is 0.123 e. The van der Waals surface area contributed by atoms with E-state index in [-0.39, 0.29) is 6.10 Å². The molecule has 0 aliphatic carbocycles. The molecule has 0 saturated heterocycles. The average molecular weight is 237 g/mol. The van der Waals surface area contributed by atoms with E-state index in [9.17, 15) is 0 Å². The van der Waals surface area contributed by atoms with Crippen LogP contribution in [0.3, 0.4) is 0 Å². The van der Waals surface area contributed by atoms with Crippen molar-refractivity contribution in [2.24, 2.45) is 0 Å². The number of ether oxygens (including phenoxy) is 2. The molecule has 0 amide bonds. The third-order valence-electron chi connectivity index (χ3n) is 2.60. The molecule has 96 valence electrons. The van der Waals surface area contributed by atoms with E-state index < -0.39 is 0 Å². The molecular weight excluding hydrogens is 214 g/mol. The predicted octanol–water partition coefficient (Wildman–Crippen LogP) is 2.85. The summed E-state index contributed by atoms with van der Waals surface area (Å²) < 4.78 is 11.1. The van der Waals surface area contributed by atoms with Gasteiger partial charge in [-0.1, -0.05) is 19.9 Å². The van der Waals surface area contributed by atoms with Crippen LogP contribution in [0.25, 0.3) is 0 Å². The summed E-state index contributed by atoms with van der Waals surface area (Å²) in [6.07, 6.45) is 2.36. The quantitative estimate of drug-likeness (QED) is 0.705. The number of nitrogens with one attached hydrogen (secondary N) is 1. The molecule has 0 bridgehead atoms. The van der Waals surface area contributed by atoms with Crippen LogP contribution in [0.1, 0.15) is 26.7 Å². The van der Waals surface area contributed by atoms with Gasteiger partial charge in [0.25, 0.3) is 0 Å². The fourth-order valence-corrected chi connectivity index (χ4v) is 1.58. The lowest BCUT2D eigenvalue weighted by atomic mass is 10.2. The zero-order chi connectivity index (χ0) is 12.5. The van der Waals surface area contributed by atoms with Gasteiger partial charge in [-0.3, -0.25) is 0 Å². The molecule has 1 aromatic carbocycles. The molecule has 3 nitrogen and oxygen atoms in total. The molecule has 1 unspecified atom stereocenters. The molecule has 1 N–H and O–H groups in total. The highest BCUT2D eigenvalue weighted by molar-refractivity contribution is 5.32. The Labute approximate surface area is 104 Å². The van der Waals surface area contributed by atoms with Crippen molar-refractivity contribution in [1.29, 1.82) is 0 Å². The number of hydrogen-bond donors (Lipinski definition) is 1. The molecule has 1 aromatic rings. The normalized spacial score (nSPS) is 12.2. The van der Waals surface area contributed by atoms with Gasteiger partial charge in [0.15, 0.2) is 0 Å². The second-order valence-corrected chi connectivity index (χ2v) is 4.03. The van der Waals surface area contributed by atoms with Gasteiger partial charge in [-0.25, -0.2) is 0 Å². The third kappa shape index (κ3) is 5.09. The van der Waals surface area contributed by atoms with Crippen LogP contribution in [0, 0.1) is 0 Å². The van der Waals surface area contributed by atoms with Gasteiger partial charge in [0.1, 0.15) is 17.6 Å². The Kier molecular flexibility index (Phi) is 6.48. The maximum absolute atomic E-state index is 5.91. The molecule has 0 aliphatic rings. The Bertz CT molecular complexity index is 315. The van der Waals surface area contributed by atoms with E-state index in [2.05, 4.69) is 19.2 Å². The van der Waals surface area contributed by atoms with Crippen molar-refractivity contribution in [1.82, 2.24) is 5.32 Å². The summed E-state index contributed by atoms with van der Waals surface area (Å²) in [6, 6.07) is 7.75. The molecule has 0 aliphatic heterocycles. The van der Waals surface area contributed by atoms with Gasteiger partial charge in [0.2, 0.25) is 0 Å². The Morgan fingerprint density at radius 1 is 1.24 bits per heavy atom. The van der Waals surface area contributed by atoms with Crippen molar-refractivity contribution >= 4 is 0 Å². The lowest BCUT2D eigenvalue weighted by Gasteiger charge is -2.18. The van der Waals surface area contributed by atoms with Gasteiger partial charge in [0.05, 0.1) is 7.11 Å². The molecule has 1 rings (SSSR count). The highest BCUT2D eigenvalue weighted by atomic mass is 16.5. The maximum atomic E-state index is 5.91. The van der Waals surface area contributed by atoms with Crippen LogP contribution in [0.5, 0.6) is 11.5 Å². The van der Waals surface area contributed by atoms with Gasteiger partial charge in [-0.2, -0.15) is 0 Å². The standard InChI is InChI=1S/C14H23NO2/c1-4-9-15-11-12(5-2)17-14-8-6-7-13(10-14)16-3/h6-8,10,12,15H,4-5,9,11H2,1-3H3. The van der Waals surface area contributed by atoms with Gasteiger partial charge >= 0.3 is 0 Å². The summed E-state index contributed by atoms with van der Waals surface area (Å²) in [5.41, 5.74) is 0. The van der Waals surface area contributed by atoms with E-state index in [4.69, 9.17) is 9.47 Å². The van der Waals surface area contributed by atoms with Crippen LogP contribution in [0.15, 0.2) is 24.3 Å². The first-order chi connectivity index (χ1) is 8.30. The molecular formula is C14H23NO2. The number of methoxy groups -OCH3 is 1. The van der Waals surface area contributed by atoms with Gasteiger partial charge in [-0.15, -0.1) is 0 Å². The highest BCUT2D eigenvalue weighted by Gasteiger charge is 2.07. The topological polar surface area (TPSA) is 30.5 Å². The van der Waals surface area contributed by atoms with Crippen molar-refractivity contribution in [2.45, 2.75) is 32.8 Å². The molecule has 0 radical (unpaired) electrons. The van der Waals surface area contributed by atoms with Crippen LogP contribution in [-0.4, -0.2) is 26.3 Å². The molecule has 3 heteroatoms. The molecule has 17 heavy (non-hydrogen) atoms. The Hall–Kier alpha value is -1.22. The van der Waals surface area contributed by atoms with Crippen LogP contribution >= 0.6 is 0 Å². The molecule has 1 atom stereocenters. The second kappa shape index (κ2) is 7.96. The Morgan fingerprint density at radius 3 is 2.65 bits per heavy atom. The van der Waals surface area contributed by atoms with Crippen LogP contribution in [0.4, 0.5) is 0 Å². The second-order valence-electron chi connectivity index (χ2n) is 4.03. The van der Waals surface area contributed by atoms with Crippen molar-refractivity contribution < 1.29 is 9.47 Å². The minimum Gasteiger partial charge on any atom is -0.497 e. The fourth-order valence-electron chi connectivity index (χ4n) is 1.58. The summed E-state index contributed by atoms with van der Waals surface area (Å²) in [4.78, 5) is 0. The SMILES string of the molecule is CCCNCC(CC)Oc1cccc(OC)c1. The van der Waals surface area contributed by atoms with Crippen LogP contribution in [0.2, 0.25) is 0 Å². The van der Waals surface area contributed by atoms with E-state index in [0.29, 0.717) is 0 Å². The van der Waals surface area contributed by atoms with E-state index in [1.807, 2.05) is 24.3 Å². The Morgan fingerprint density at radius 2 is 2.00 bits per heavy atom. The molecule has 0 spiro atoms. The number of rotatable bonds is 8. The number of hydrogen-bond acceptors (Lipinski definition) is 3. The van der Waals surface area contributed by atoms with Crippen LogP contribution < -0.4 is 14.8 Å². The van der Waals surface area contributed by atoms with Crippen LogP contribution in [-0.2, 0) is 0 Å². The molecule has 0 saturated carbocycles. The minimum absolute atomic E-state index is 0.216. The van der Waals surface area contributed by atoms with E-state index in [1.165, 1.54) is 0 Å². The summed E-state index contributed by atoms with van der Waals surface area (Å²) >= 11 is 0. The molecule has 0 heterocycles. The lowest BCUT2D eigenvalue weighted by Crippen LogP contribution is -2.31. The zero-order valence-corrected chi connectivity index (χ0v) is 11.0. The van der Waals surface area contributed by atoms with Crippen molar-refractivity contribution in [3.63, 3.8) is 0 Å². The van der Waals surface area contributed by atoms with Gasteiger partial charge in [-0.05, 0) is 31.5 Å². The molecule has 0 aromatic heterocycles. The fraction of sp³-hybridized carbons (Fsp3) is 0.571. The predicted molar refractivity (Wildman–Crippen MR) is 70.9 cm³/mol. The van der Waals surface area contributed by atoms with Crippen molar-refractivity contribution in [3.05, 3.63) is 24.3 Å². The summed E-state index contributed by atoms with van der Waals surface area (Å²) in [5, 5.41) is 3.38. The first kappa shape index (κ1) is 13.8. The first-order valence-corrected chi connectivity index (χ1v) is 6.31. The molecule has 0 fully saturated rings. The van der Waals surface area contributed by atoms with Crippen molar-refractivity contribution in [3.8, 4) is 11.5 Å². The summed E-state index contributed by atoms with van der Waals surface area (Å²) in [6.45, 7) is 6.23. The van der Waals surface area contributed by atoms with Gasteiger partial charge in [0, 0.05) is 12.6 Å². The van der Waals surface area contributed by atoms with E-state index in [0.717, 1.165) is 37.4 Å². The third-order valence-corrected chi connectivity index (χ3v) is 2.60. The van der Waals surface area contributed by atoms with E-state index >= 15 is 0 Å². The minimum atomic E-state index is 0.216. The largest absolute Gasteiger partial charge is 0.497 e. The average Bonchev–Trinajstić information content (AvgIpc) is 2.38. The summed E-state index contributed by atoms with van der Waals surface area (Å²) in [7, 11) is 1.67. The lowest BCUT2D eigenvalue weighted by molar-refractivity contribution is 0.193. The summed E-state index contributed by atoms with van der Waals surface area (Å²) in [5.74, 6) is 1.70. The Balaban J connectivity index is 2.48. The van der Waals surface area contributed by atoms with Crippen molar-refractivity contribution in [2.75, 3.05) is 20.2 Å². The number of benzene rings is 1. The first-order valence-electron chi connectivity index (χ1n) is 6.31. The van der Waals surface area contributed by atoms with E-state index in [1.54, 1.807) is 7.11 Å². The smallest absolute Gasteiger partial charge is 0.123 e. The highest BCUT2D eigenvalue weighted by Crippen LogP contribution is 2.20. The van der Waals surface area contributed by atoms with Gasteiger partial charge < -0.3 is 14.8 Å². The monoisotopic (exact) mass is 237 g/mol. The zero-order valence-electron chi connectivity index (χ0n) is 11.0.